The standard InChI is InChI=1S/C27H32N6O4/c1-35-24-11-30-26-25(24)31-22(10-29-26)17-8-16-4-6-32(27(34)33-12-18-2-3-19(13-33)37-18)14-21(16)20(9-17)23-15-36-7-5-28-23/h8-11,18-19,23,28H,2-7,12-15H2,1H3,(H,29,30)/t18?,19?,23-/m0/s1. The zero-order chi connectivity index (χ0) is 24.9. The van der Waals surface area contributed by atoms with Gasteiger partial charge in [-0.1, -0.05) is 0 Å². The molecule has 37 heavy (non-hydrogen) atoms. The Morgan fingerprint density at radius 3 is 2.84 bits per heavy atom. The average Bonchev–Trinajstić information content (AvgIpc) is 3.53. The fourth-order valence-electron chi connectivity index (χ4n) is 6.22. The number of carbonyl (C=O) groups excluding carboxylic acids is 1. The van der Waals surface area contributed by atoms with Gasteiger partial charge in [-0.3, -0.25) is 0 Å². The molecule has 3 atom stereocenters. The number of urea groups is 1. The molecule has 3 fully saturated rings. The first-order valence-corrected chi connectivity index (χ1v) is 13.2. The van der Waals surface area contributed by atoms with Gasteiger partial charge in [-0.25, -0.2) is 14.8 Å². The molecule has 2 N–H and O–H groups in total. The number of fused-ring (bicyclic) bond motifs is 4. The molecule has 10 heteroatoms. The van der Waals surface area contributed by atoms with Crippen LogP contribution in [0, 0.1) is 0 Å². The first kappa shape index (κ1) is 22.9. The van der Waals surface area contributed by atoms with E-state index in [4.69, 9.17) is 19.2 Å². The Labute approximate surface area is 215 Å². The van der Waals surface area contributed by atoms with E-state index in [-0.39, 0.29) is 24.3 Å². The maximum Gasteiger partial charge on any atom is 0.320 e. The Balaban J connectivity index is 1.23. The van der Waals surface area contributed by atoms with Crippen LogP contribution in [0.3, 0.4) is 0 Å². The number of ether oxygens (including phenoxy) is 3. The molecule has 0 spiro atoms. The molecule has 3 aromatic rings. The van der Waals surface area contributed by atoms with Crippen LogP contribution in [0.5, 0.6) is 5.75 Å². The lowest BCUT2D eigenvalue weighted by Crippen LogP contribution is -2.52. The van der Waals surface area contributed by atoms with Gasteiger partial charge in [0.1, 0.15) is 5.52 Å². The highest BCUT2D eigenvalue weighted by molar-refractivity contribution is 5.81. The van der Waals surface area contributed by atoms with E-state index in [1.165, 1.54) is 16.7 Å². The van der Waals surface area contributed by atoms with Crippen LogP contribution in [0.25, 0.3) is 22.4 Å². The highest BCUT2D eigenvalue weighted by Gasteiger charge is 2.38. The maximum absolute atomic E-state index is 13.5. The third kappa shape index (κ3) is 4.13. The summed E-state index contributed by atoms with van der Waals surface area (Å²) >= 11 is 0. The molecule has 0 radical (unpaired) electrons. The maximum atomic E-state index is 13.5. The number of nitrogens with zero attached hydrogens (tertiary/aromatic N) is 4. The highest BCUT2D eigenvalue weighted by atomic mass is 16.5. The molecule has 2 aromatic heterocycles. The second-order valence-corrected chi connectivity index (χ2v) is 10.4. The topological polar surface area (TPSA) is 105 Å². The molecule has 2 unspecified atom stereocenters. The van der Waals surface area contributed by atoms with Crippen molar-refractivity contribution in [2.45, 2.75) is 44.1 Å². The van der Waals surface area contributed by atoms with Gasteiger partial charge in [-0.05, 0) is 48.1 Å². The summed E-state index contributed by atoms with van der Waals surface area (Å²) in [6, 6.07) is 4.61. The third-order valence-electron chi connectivity index (χ3n) is 8.12. The number of aromatic amines is 1. The Kier molecular flexibility index (Phi) is 5.75. The van der Waals surface area contributed by atoms with Gasteiger partial charge in [0.2, 0.25) is 0 Å². The first-order valence-electron chi connectivity index (χ1n) is 13.2. The number of benzene rings is 1. The van der Waals surface area contributed by atoms with E-state index in [1.54, 1.807) is 19.5 Å². The predicted molar refractivity (Wildman–Crippen MR) is 136 cm³/mol. The largest absolute Gasteiger partial charge is 0.493 e. The average molecular weight is 505 g/mol. The van der Waals surface area contributed by atoms with E-state index in [0.29, 0.717) is 50.8 Å². The predicted octanol–water partition coefficient (Wildman–Crippen LogP) is 2.64. The molecule has 2 amide bonds. The number of amides is 2. The third-order valence-corrected chi connectivity index (χ3v) is 8.12. The molecule has 0 saturated carbocycles. The minimum atomic E-state index is 0.0650. The van der Waals surface area contributed by atoms with Gasteiger partial charge in [-0.15, -0.1) is 0 Å². The minimum Gasteiger partial charge on any atom is -0.493 e. The van der Waals surface area contributed by atoms with Crippen molar-refractivity contribution >= 4 is 17.2 Å². The van der Waals surface area contributed by atoms with Crippen LogP contribution in [0.1, 0.15) is 35.6 Å². The normalized spacial score (nSPS) is 25.4. The molecule has 4 aliphatic heterocycles. The second-order valence-electron chi connectivity index (χ2n) is 10.4. The zero-order valence-electron chi connectivity index (χ0n) is 21.0. The van der Waals surface area contributed by atoms with Crippen molar-refractivity contribution < 1.29 is 19.0 Å². The molecule has 6 heterocycles. The molecule has 7 rings (SSSR count). The Bertz CT molecular complexity index is 1320. The number of H-pyrrole nitrogens is 1. The minimum absolute atomic E-state index is 0.0650. The van der Waals surface area contributed by atoms with Crippen molar-refractivity contribution in [3.05, 3.63) is 41.2 Å². The van der Waals surface area contributed by atoms with Gasteiger partial charge in [0.05, 0.1) is 50.5 Å². The van der Waals surface area contributed by atoms with Gasteiger partial charge >= 0.3 is 6.03 Å². The number of carbonyl (C=O) groups is 1. The van der Waals surface area contributed by atoms with E-state index in [2.05, 4.69) is 27.4 Å². The Morgan fingerprint density at radius 2 is 2.05 bits per heavy atom. The fourth-order valence-corrected chi connectivity index (χ4v) is 6.22. The van der Waals surface area contributed by atoms with E-state index >= 15 is 0 Å². The van der Waals surface area contributed by atoms with Gasteiger partial charge < -0.3 is 34.3 Å². The summed E-state index contributed by atoms with van der Waals surface area (Å²) in [6.45, 7) is 4.82. The van der Waals surface area contributed by atoms with Crippen LogP contribution < -0.4 is 10.1 Å². The zero-order valence-corrected chi connectivity index (χ0v) is 21.0. The summed E-state index contributed by atoms with van der Waals surface area (Å²) < 4.78 is 17.3. The summed E-state index contributed by atoms with van der Waals surface area (Å²) in [5, 5.41) is 3.62. The van der Waals surface area contributed by atoms with E-state index in [0.717, 1.165) is 42.6 Å². The molecule has 10 nitrogen and oxygen atoms in total. The van der Waals surface area contributed by atoms with Crippen LogP contribution in [0.4, 0.5) is 4.79 Å². The second kappa shape index (κ2) is 9.27. The lowest BCUT2D eigenvalue weighted by molar-refractivity contribution is -0.0291. The smallest absolute Gasteiger partial charge is 0.320 e. The van der Waals surface area contributed by atoms with Gasteiger partial charge in [0.15, 0.2) is 11.4 Å². The number of hydrogen-bond acceptors (Lipinski definition) is 7. The molecule has 194 valence electrons. The molecular formula is C27H32N6O4. The van der Waals surface area contributed by atoms with E-state index < -0.39 is 0 Å². The van der Waals surface area contributed by atoms with Gasteiger partial charge in [0, 0.05) is 44.5 Å². The van der Waals surface area contributed by atoms with E-state index in [1.807, 2.05) is 9.80 Å². The van der Waals surface area contributed by atoms with Gasteiger partial charge in [0.25, 0.3) is 0 Å². The SMILES string of the molecule is COc1c[nH]c2ncc(-c3cc4c(c([C@@H]5COCCN5)c3)CN(C(=O)N3CC5CCC(C3)O5)CC4)nc12. The molecule has 2 bridgehead atoms. The van der Waals surface area contributed by atoms with Crippen LogP contribution in [0.2, 0.25) is 0 Å². The van der Waals surface area contributed by atoms with Gasteiger partial charge in [-0.2, -0.15) is 0 Å². The Hall–Kier alpha value is -3.21. The summed E-state index contributed by atoms with van der Waals surface area (Å²) in [6.07, 6.45) is 6.89. The molecular weight excluding hydrogens is 472 g/mol. The summed E-state index contributed by atoms with van der Waals surface area (Å²) in [5.74, 6) is 0.676. The van der Waals surface area contributed by atoms with Crippen LogP contribution in [-0.4, -0.2) is 89.5 Å². The molecule has 1 aromatic carbocycles. The van der Waals surface area contributed by atoms with Crippen molar-refractivity contribution in [1.29, 1.82) is 0 Å². The van der Waals surface area contributed by atoms with Crippen molar-refractivity contribution in [2.75, 3.05) is 46.5 Å². The van der Waals surface area contributed by atoms with Crippen LogP contribution in [-0.2, 0) is 22.4 Å². The quantitative estimate of drug-likeness (QED) is 0.565. The van der Waals surface area contributed by atoms with Crippen LogP contribution >= 0.6 is 0 Å². The van der Waals surface area contributed by atoms with Crippen molar-refractivity contribution in [3.63, 3.8) is 0 Å². The summed E-state index contributed by atoms with van der Waals surface area (Å²) in [5.41, 5.74) is 6.89. The number of aromatic nitrogens is 3. The number of likely N-dealkylation sites (tertiary alicyclic amines) is 1. The van der Waals surface area contributed by atoms with Crippen molar-refractivity contribution in [3.8, 4) is 17.0 Å². The number of rotatable bonds is 3. The number of hydrogen-bond donors (Lipinski definition) is 2. The van der Waals surface area contributed by atoms with E-state index in [9.17, 15) is 4.79 Å². The molecule has 4 aliphatic rings. The monoisotopic (exact) mass is 504 g/mol. The fraction of sp³-hybridized carbons (Fsp3) is 0.519. The Morgan fingerprint density at radius 1 is 1.19 bits per heavy atom. The number of methoxy groups -OCH3 is 1. The highest BCUT2D eigenvalue weighted by Crippen LogP contribution is 2.35. The lowest BCUT2D eigenvalue weighted by atomic mass is 9.88. The number of morpholine rings is 2. The van der Waals surface area contributed by atoms with Crippen LogP contribution in [0.15, 0.2) is 24.5 Å². The first-order chi connectivity index (χ1) is 18.2. The summed E-state index contributed by atoms with van der Waals surface area (Å²) in [4.78, 5) is 30.1. The number of nitrogens with one attached hydrogen (secondary N) is 2. The molecule has 0 aliphatic carbocycles. The van der Waals surface area contributed by atoms with Crippen molar-refractivity contribution in [1.82, 2.24) is 30.1 Å². The molecule has 3 saturated heterocycles. The van der Waals surface area contributed by atoms with Crippen molar-refractivity contribution in [2.24, 2.45) is 0 Å². The lowest BCUT2D eigenvalue weighted by Gasteiger charge is -2.39. The summed E-state index contributed by atoms with van der Waals surface area (Å²) in [7, 11) is 1.64.